The number of amides is 2. The Morgan fingerprint density at radius 1 is 1.03 bits per heavy atom. The van der Waals surface area contributed by atoms with Crippen molar-refractivity contribution in [2.24, 2.45) is 5.73 Å². The number of carbonyl (C=O) groups is 2. The number of carbonyl (C=O) groups excluding carboxylic acids is 2. The molecule has 0 radical (unpaired) electrons. The van der Waals surface area contributed by atoms with Gasteiger partial charge in [-0.25, -0.2) is 9.07 Å². The van der Waals surface area contributed by atoms with Gasteiger partial charge in [-0.15, -0.1) is 0 Å². The highest BCUT2D eigenvalue weighted by Gasteiger charge is 2.19. The van der Waals surface area contributed by atoms with E-state index in [-0.39, 0.29) is 16.9 Å². The lowest BCUT2D eigenvalue weighted by Gasteiger charge is -2.09. The first kappa shape index (κ1) is 18.2. The van der Waals surface area contributed by atoms with Gasteiger partial charge < -0.3 is 15.5 Å². The molecule has 0 aliphatic rings. The van der Waals surface area contributed by atoms with E-state index in [2.05, 4.69) is 10.4 Å². The first-order valence-corrected chi connectivity index (χ1v) is 8.63. The Morgan fingerprint density at radius 2 is 1.83 bits per heavy atom. The molecule has 3 N–H and O–H groups in total. The molecule has 2 heterocycles. The van der Waals surface area contributed by atoms with Gasteiger partial charge in [-0.1, -0.05) is 18.2 Å². The summed E-state index contributed by atoms with van der Waals surface area (Å²) in [5.41, 5.74) is 6.46. The molecule has 0 saturated carbocycles. The van der Waals surface area contributed by atoms with Crippen molar-refractivity contribution in [3.05, 3.63) is 90.1 Å². The zero-order valence-corrected chi connectivity index (χ0v) is 15.0. The van der Waals surface area contributed by atoms with Gasteiger partial charge in [0.15, 0.2) is 5.76 Å². The van der Waals surface area contributed by atoms with E-state index in [0.717, 1.165) is 6.07 Å². The molecule has 2 aromatic carbocycles. The maximum atomic E-state index is 13.7. The molecule has 29 heavy (non-hydrogen) atoms. The van der Waals surface area contributed by atoms with E-state index in [1.807, 2.05) is 18.2 Å². The molecule has 2 aromatic heterocycles. The lowest BCUT2D eigenvalue weighted by atomic mass is 10.1. The van der Waals surface area contributed by atoms with Crippen molar-refractivity contribution < 1.29 is 18.4 Å². The minimum absolute atomic E-state index is 0.227. The summed E-state index contributed by atoms with van der Waals surface area (Å²) in [7, 11) is 0. The van der Waals surface area contributed by atoms with Gasteiger partial charge in [0, 0.05) is 11.8 Å². The molecule has 8 heteroatoms. The first-order chi connectivity index (χ1) is 14.0. The molecule has 0 saturated heterocycles. The van der Waals surface area contributed by atoms with E-state index in [1.54, 1.807) is 30.3 Å². The van der Waals surface area contributed by atoms with Crippen LogP contribution in [0, 0.1) is 5.82 Å². The number of primary amides is 1. The number of halogens is 1. The molecule has 0 bridgehead atoms. The Hall–Kier alpha value is -4.20. The van der Waals surface area contributed by atoms with Crippen molar-refractivity contribution >= 4 is 17.5 Å². The molecule has 0 fully saturated rings. The highest BCUT2D eigenvalue weighted by molar-refractivity contribution is 6.05. The number of aromatic nitrogens is 2. The molecule has 0 unspecified atom stereocenters. The summed E-state index contributed by atoms with van der Waals surface area (Å²) >= 11 is 0. The molecular formula is C21H15FN4O3. The molecule has 0 aliphatic heterocycles. The Morgan fingerprint density at radius 3 is 2.52 bits per heavy atom. The Kier molecular flexibility index (Phi) is 4.66. The summed E-state index contributed by atoms with van der Waals surface area (Å²) in [6.45, 7) is 0. The van der Waals surface area contributed by atoms with Gasteiger partial charge in [-0.05, 0) is 42.5 Å². The van der Waals surface area contributed by atoms with Crippen LogP contribution < -0.4 is 11.1 Å². The highest BCUT2D eigenvalue weighted by Crippen LogP contribution is 2.23. The van der Waals surface area contributed by atoms with Gasteiger partial charge in [0.25, 0.3) is 11.8 Å². The Labute approximate surface area is 164 Å². The monoisotopic (exact) mass is 390 g/mol. The number of anilines is 1. The van der Waals surface area contributed by atoms with E-state index in [1.165, 1.54) is 23.1 Å². The molecular weight excluding hydrogens is 375 g/mol. The largest absolute Gasteiger partial charge is 0.463 e. The molecule has 2 amide bonds. The molecule has 4 aromatic rings. The second-order valence-electron chi connectivity index (χ2n) is 6.15. The van der Waals surface area contributed by atoms with Crippen LogP contribution in [-0.2, 0) is 0 Å². The van der Waals surface area contributed by atoms with Crippen LogP contribution >= 0.6 is 0 Å². The molecule has 0 aliphatic carbocycles. The van der Waals surface area contributed by atoms with E-state index >= 15 is 0 Å². The van der Waals surface area contributed by atoms with Gasteiger partial charge in [0.2, 0.25) is 0 Å². The summed E-state index contributed by atoms with van der Waals surface area (Å²) in [5.74, 6) is -1.68. The average molecular weight is 390 g/mol. The first-order valence-electron chi connectivity index (χ1n) is 8.63. The van der Waals surface area contributed by atoms with Crippen LogP contribution in [0.25, 0.3) is 17.1 Å². The fourth-order valence-electron chi connectivity index (χ4n) is 2.84. The maximum Gasteiger partial charge on any atom is 0.274 e. The van der Waals surface area contributed by atoms with Crippen molar-refractivity contribution in [2.75, 3.05) is 5.32 Å². The SMILES string of the molecule is NC(=O)c1cc(NC(=O)c2cc(-c3ccco3)nn2-c2ccccc2)ccc1F. The van der Waals surface area contributed by atoms with Gasteiger partial charge in [0.1, 0.15) is 17.2 Å². The van der Waals surface area contributed by atoms with Crippen LogP contribution in [0.2, 0.25) is 0 Å². The predicted octanol–water partition coefficient (Wildman–Crippen LogP) is 3.62. The van der Waals surface area contributed by atoms with Crippen LogP contribution in [0.3, 0.4) is 0 Å². The summed E-state index contributed by atoms with van der Waals surface area (Å²) in [6, 6.07) is 17.7. The summed E-state index contributed by atoms with van der Waals surface area (Å²) < 4.78 is 20.5. The number of benzene rings is 2. The summed E-state index contributed by atoms with van der Waals surface area (Å²) in [6.07, 6.45) is 1.51. The minimum Gasteiger partial charge on any atom is -0.463 e. The van der Waals surface area contributed by atoms with Gasteiger partial charge in [-0.2, -0.15) is 5.10 Å². The quantitative estimate of drug-likeness (QED) is 0.543. The standard InChI is InChI=1S/C21H15FN4O3/c22-16-9-8-13(11-15(16)20(23)27)24-21(28)18-12-17(19-7-4-10-29-19)25-26(18)14-5-2-1-3-6-14/h1-12H,(H2,23,27)(H,24,28). The molecule has 0 atom stereocenters. The second-order valence-corrected chi connectivity index (χ2v) is 6.15. The Balaban J connectivity index is 1.73. The third-order valence-electron chi connectivity index (χ3n) is 4.21. The number of nitrogens with one attached hydrogen (secondary N) is 1. The Bertz CT molecular complexity index is 1180. The number of hydrogen-bond acceptors (Lipinski definition) is 4. The highest BCUT2D eigenvalue weighted by atomic mass is 19.1. The number of para-hydroxylation sites is 1. The van der Waals surface area contributed by atoms with Gasteiger partial charge >= 0.3 is 0 Å². The van der Waals surface area contributed by atoms with Gasteiger partial charge in [-0.3, -0.25) is 9.59 Å². The van der Waals surface area contributed by atoms with Crippen LogP contribution in [0.15, 0.2) is 77.4 Å². The maximum absolute atomic E-state index is 13.7. The van der Waals surface area contributed by atoms with Crippen molar-refractivity contribution in [1.29, 1.82) is 0 Å². The van der Waals surface area contributed by atoms with E-state index in [0.29, 0.717) is 17.1 Å². The fourth-order valence-corrected chi connectivity index (χ4v) is 2.84. The molecule has 0 spiro atoms. The van der Waals surface area contributed by atoms with Crippen molar-refractivity contribution in [3.63, 3.8) is 0 Å². The molecule has 4 rings (SSSR count). The van der Waals surface area contributed by atoms with Crippen molar-refractivity contribution in [3.8, 4) is 17.1 Å². The predicted molar refractivity (Wildman–Crippen MR) is 104 cm³/mol. The van der Waals surface area contributed by atoms with Crippen LogP contribution in [0.1, 0.15) is 20.8 Å². The number of rotatable bonds is 5. The van der Waals surface area contributed by atoms with E-state index in [9.17, 15) is 14.0 Å². The normalized spacial score (nSPS) is 10.7. The molecule has 7 nitrogen and oxygen atoms in total. The third kappa shape index (κ3) is 3.63. The summed E-state index contributed by atoms with van der Waals surface area (Å²) in [4.78, 5) is 24.3. The smallest absolute Gasteiger partial charge is 0.274 e. The van der Waals surface area contributed by atoms with E-state index < -0.39 is 17.6 Å². The van der Waals surface area contributed by atoms with Crippen LogP contribution in [0.5, 0.6) is 0 Å². The van der Waals surface area contributed by atoms with E-state index in [4.69, 9.17) is 10.2 Å². The second kappa shape index (κ2) is 7.43. The van der Waals surface area contributed by atoms with Crippen LogP contribution in [-0.4, -0.2) is 21.6 Å². The number of hydrogen-bond donors (Lipinski definition) is 2. The number of nitrogens with zero attached hydrogens (tertiary/aromatic N) is 2. The topological polar surface area (TPSA) is 103 Å². The zero-order chi connectivity index (χ0) is 20.4. The number of furan rings is 1. The zero-order valence-electron chi connectivity index (χ0n) is 15.0. The van der Waals surface area contributed by atoms with Crippen LogP contribution in [0.4, 0.5) is 10.1 Å². The van der Waals surface area contributed by atoms with Crippen molar-refractivity contribution in [2.45, 2.75) is 0 Å². The lowest BCUT2D eigenvalue weighted by Crippen LogP contribution is -2.18. The van der Waals surface area contributed by atoms with Crippen molar-refractivity contribution in [1.82, 2.24) is 9.78 Å². The average Bonchev–Trinajstić information content (AvgIpc) is 3.39. The van der Waals surface area contributed by atoms with Gasteiger partial charge in [0.05, 0.1) is 17.5 Å². The molecule has 144 valence electrons. The minimum atomic E-state index is -0.923. The summed E-state index contributed by atoms with van der Waals surface area (Å²) in [5, 5.41) is 7.12. The fraction of sp³-hybridized carbons (Fsp3) is 0. The number of nitrogens with two attached hydrogens (primary N) is 1. The third-order valence-corrected chi connectivity index (χ3v) is 4.21. The lowest BCUT2D eigenvalue weighted by molar-refractivity contribution is 0.0991.